The molecule has 3 rings (SSSR count). The van der Waals surface area contributed by atoms with Crippen LogP contribution >= 0.6 is 11.6 Å². The van der Waals surface area contributed by atoms with Crippen LogP contribution in [0.15, 0.2) is 71.9 Å². The van der Waals surface area contributed by atoms with Crippen LogP contribution in [0.5, 0.6) is 0 Å². The number of anilines is 2. The summed E-state index contributed by atoms with van der Waals surface area (Å²) in [5.74, 6) is -0.255. The van der Waals surface area contributed by atoms with Crippen molar-refractivity contribution >= 4 is 39.2 Å². The summed E-state index contributed by atoms with van der Waals surface area (Å²) < 4.78 is 26.3. The zero-order valence-electron chi connectivity index (χ0n) is 14.2. The summed E-state index contributed by atoms with van der Waals surface area (Å²) in [7, 11) is -2.44. The maximum absolute atomic E-state index is 12.7. The summed E-state index contributed by atoms with van der Waals surface area (Å²) in [4.78, 5) is 20.1. The van der Waals surface area contributed by atoms with E-state index in [9.17, 15) is 13.2 Å². The van der Waals surface area contributed by atoms with Gasteiger partial charge >= 0.3 is 0 Å². The van der Waals surface area contributed by atoms with E-state index in [1.54, 1.807) is 30.3 Å². The van der Waals surface area contributed by atoms with Crippen molar-refractivity contribution in [2.24, 2.45) is 0 Å². The molecule has 1 aromatic heterocycles. The summed E-state index contributed by atoms with van der Waals surface area (Å²) in [6, 6.07) is 13.9. The number of carbonyl (C=O) groups excluding carboxylic acids is 1. The molecule has 27 heavy (non-hydrogen) atoms. The van der Waals surface area contributed by atoms with E-state index in [0.29, 0.717) is 16.3 Å². The lowest BCUT2D eigenvalue weighted by atomic mass is 10.2. The van der Waals surface area contributed by atoms with Gasteiger partial charge in [0.05, 0.1) is 4.90 Å². The molecule has 1 N–H and O–H groups in total. The summed E-state index contributed by atoms with van der Waals surface area (Å²) in [5, 5.41) is 3.24. The minimum absolute atomic E-state index is 0.0574. The number of carbonyl (C=O) groups is 1. The van der Waals surface area contributed by atoms with E-state index >= 15 is 0 Å². The Kier molecular flexibility index (Phi) is 5.38. The van der Waals surface area contributed by atoms with Crippen molar-refractivity contribution in [2.45, 2.75) is 4.90 Å². The summed E-state index contributed by atoms with van der Waals surface area (Å²) in [6.07, 6.45) is 2.92. The fourth-order valence-electron chi connectivity index (χ4n) is 2.23. The van der Waals surface area contributed by atoms with Crippen LogP contribution < -0.4 is 9.62 Å². The van der Waals surface area contributed by atoms with Gasteiger partial charge in [0.25, 0.3) is 15.9 Å². The fourth-order valence-corrected chi connectivity index (χ4v) is 3.47. The minimum Gasteiger partial charge on any atom is -0.322 e. The standard InChI is InChI=1S/C18H15ClN4O3S/c1-23(18-20-11-2-12-21-18)27(25,26)16-9-7-15(8-10-16)22-17(24)13-3-5-14(19)6-4-13/h2-12H,1H3,(H,22,24). The second-order valence-electron chi connectivity index (χ2n) is 5.51. The number of halogens is 1. The highest BCUT2D eigenvalue weighted by Crippen LogP contribution is 2.20. The van der Waals surface area contributed by atoms with Crippen LogP contribution in [-0.4, -0.2) is 31.3 Å². The van der Waals surface area contributed by atoms with E-state index in [0.717, 1.165) is 4.31 Å². The van der Waals surface area contributed by atoms with Crippen LogP contribution in [0.4, 0.5) is 11.6 Å². The molecule has 0 unspecified atom stereocenters. The van der Waals surface area contributed by atoms with Crippen molar-refractivity contribution in [3.05, 3.63) is 77.6 Å². The van der Waals surface area contributed by atoms with Gasteiger partial charge in [-0.2, -0.15) is 0 Å². The third-order valence-corrected chi connectivity index (χ3v) is 5.72. The third-order valence-electron chi connectivity index (χ3n) is 3.71. The van der Waals surface area contributed by atoms with Crippen molar-refractivity contribution < 1.29 is 13.2 Å². The van der Waals surface area contributed by atoms with Gasteiger partial charge in [0, 0.05) is 35.7 Å². The molecule has 0 aliphatic rings. The number of hydrogen-bond donors (Lipinski definition) is 1. The number of nitrogens with zero attached hydrogens (tertiary/aromatic N) is 3. The monoisotopic (exact) mass is 402 g/mol. The quantitative estimate of drug-likeness (QED) is 0.707. The highest BCUT2D eigenvalue weighted by Gasteiger charge is 2.23. The third kappa shape index (κ3) is 4.24. The predicted octanol–water partition coefficient (Wildman–Crippen LogP) is 3.21. The second-order valence-corrected chi connectivity index (χ2v) is 7.91. The van der Waals surface area contributed by atoms with Crippen molar-refractivity contribution in [1.29, 1.82) is 0 Å². The topological polar surface area (TPSA) is 92.3 Å². The Labute approximate surface area is 161 Å². The van der Waals surface area contributed by atoms with Crippen LogP contribution in [0.25, 0.3) is 0 Å². The Balaban J connectivity index is 1.76. The van der Waals surface area contributed by atoms with Crippen LogP contribution in [0.2, 0.25) is 5.02 Å². The van der Waals surface area contributed by atoms with Gasteiger partial charge in [-0.3, -0.25) is 4.79 Å². The van der Waals surface area contributed by atoms with Crippen molar-refractivity contribution in [3.8, 4) is 0 Å². The van der Waals surface area contributed by atoms with Gasteiger partial charge in [-0.15, -0.1) is 0 Å². The normalized spacial score (nSPS) is 11.0. The van der Waals surface area contributed by atoms with Gasteiger partial charge in [-0.25, -0.2) is 22.7 Å². The van der Waals surface area contributed by atoms with E-state index in [4.69, 9.17) is 11.6 Å². The average Bonchev–Trinajstić information content (AvgIpc) is 2.69. The van der Waals surface area contributed by atoms with Crippen LogP contribution in [0.3, 0.4) is 0 Å². The van der Waals surface area contributed by atoms with E-state index in [2.05, 4.69) is 15.3 Å². The number of aromatic nitrogens is 2. The molecule has 0 spiro atoms. The smallest absolute Gasteiger partial charge is 0.266 e. The molecule has 138 valence electrons. The molecule has 0 aliphatic heterocycles. The van der Waals surface area contributed by atoms with Gasteiger partial charge in [0.1, 0.15) is 0 Å². The van der Waals surface area contributed by atoms with E-state index < -0.39 is 10.0 Å². The van der Waals surface area contributed by atoms with Crippen LogP contribution in [0.1, 0.15) is 10.4 Å². The van der Waals surface area contributed by atoms with Gasteiger partial charge < -0.3 is 5.32 Å². The lowest BCUT2D eigenvalue weighted by molar-refractivity contribution is 0.102. The molecule has 2 aromatic carbocycles. The Hall–Kier alpha value is -2.97. The zero-order valence-corrected chi connectivity index (χ0v) is 15.8. The van der Waals surface area contributed by atoms with Crippen LogP contribution in [0, 0.1) is 0 Å². The molecule has 3 aromatic rings. The first-order valence-corrected chi connectivity index (χ1v) is 9.62. The number of sulfonamides is 1. The van der Waals surface area contributed by atoms with E-state index in [-0.39, 0.29) is 16.8 Å². The maximum atomic E-state index is 12.7. The first-order valence-electron chi connectivity index (χ1n) is 7.81. The van der Waals surface area contributed by atoms with Crippen molar-refractivity contribution in [2.75, 3.05) is 16.7 Å². The molecular weight excluding hydrogens is 388 g/mol. The van der Waals surface area contributed by atoms with Gasteiger partial charge in [-0.05, 0) is 54.6 Å². The molecule has 1 amide bonds. The number of rotatable bonds is 5. The number of benzene rings is 2. The van der Waals surface area contributed by atoms with Gasteiger partial charge in [0.15, 0.2) is 0 Å². The molecule has 7 nitrogen and oxygen atoms in total. The highest BCUT2D eigenvalue weighted by molar-refractivity contribution is 7.92. The molecule has 9 heteroatoms. The number of hydrogen-bond acceptors (Lipinski definition) is 5. The van der Waals surface area contributed by atoms with E-state index in [1.807, 2.05) is 0 Å². The molecule has 1 heterocycles. The highest BCUT2D eigenvalue weighted by atomic mass is 35.5. The fraction of sp³-hybridized carbons (Fsp3) is 0.0556. The summed E-state index contributed by atoms with van der Waals surface area (Å²) >= 11 is 5.80. The molecular formula is C18H15ClN4O3S. The van der Waals surface area contributed by atoms with Crippen molar-refractivity contribution in [3.63, 3.8) is 0 Å². The van der Waals surface area contributed by atoms with Crippen LogP contribution in [-0.2, 0) is 10.0 Å². The molecule has 0 saturated heterocycles. The second kappa shape index (κ2) is 7.73. The largest absolute Gasteiger partial charge is 0.322 e. The van der Waals surface area contributed by atoms with Gasteiger partial charge in [0.2, 0.25) is 5.95 Å². The maximum Gasteiger partial charge on any atom is 0.266 e. The van der Waals surface area contributed by atoms with E-state index in [1.165, 1.54) is 43.7 Å². The lowest BCUT2D eigenvalue weighted by Crippen LogP contribution is -2.28. The summed E-state index contributed by atoms with van der Waals surface area (Å²) in [6.45, 7) is 0. The molecule has 0 aliphatic carbocycles. The predicted molar refractivity (Wildman–Crippen MR) is 103 cm³/mol. The molecule has 0 bridgehead atoms. The SMILES string of the molecule is CN(c1ncccn1)S(=O)(=O)c1ccc(NC(=O)c2ccc(Cl)cc2)cc1. The zero-order chi connectivity index (χ0) is 19.4. The first kappa shape index (κ1) is 18.8. The molecule has 0 radical (unpaired) electrons. The molecule has 0 saturated carbocycles. The minimum atomic E-state index is -3.81. The Morgan fingerprint density at radius 1 is 1.00 bits per heavy atom. The Morgan fingerprint density at radius 3 is 2.19 bits per heavy atom. The number of nitrogens with one attached hydrogen (secondary N) is 1. The molecule has 0 fully saturated rings. The Bertz CT molecular complexity index is 1040. The molecule has 0 atom stereocenters. The number of amides is 1. The summed E-state index contributed by atoms with van der Waals surface area (Å²) in [5.41, 5.74) is 0.907. The average molecular weight is 403 g/mol. The Morgan fingerprint density at radius 2 is 1.59 bits per heavy atom. The van der Waals surface area contributed by atoms with Crippen molar-refractivity contribution in [1.82, 2.24) is 9.97 Å². The lowest BCUT2D eigenvalue weighted by Gasteiger charge is -2.17. The first-order chi connectivity index (χ1) is 12.9. The van der Waals surface area contributed by atoms with Gasteiger partial charge in [-0.1, -0.05) is 11.6 Å².